The van der Waals surface area contributed by atoms with Gasteiger partial charge >= 0.3 is 0 Å². The number of nitrogens with zero attached hydrogens (tertiary/aromatic N) is 6. The first-order valence-corrected chi connectivity index (χ1v) is 10.2. The zero-order valence-corrected chi connectivity index (χ0v) is 17.9. The second kappa shape index (κ2) is 8.86. The topological polar surface area (TPSA) is 96.8 Å². The number of carbonyl (C=O) groups excluding carboxylic acids is 1. The molecule has 8 heteroatoms. The van der Waals surface area contributed by atoms with E-state index in [1.54, 1.807) is 16.8 Å². The van der Waals surface area contributed by atoms with Crippen LogP contribution in [0.25, 0.3) is 16.7 Å². The van der Waals surface area contributed by atoms with Gasteiger partial charge in [0.25, 0.3) is 5.56 Å². The molecule has 0 aliphatic rings. The van der Waals surface area contributed by atoms with Crippen LogP contribution in [0, 0.1) is 25.2 Å². The molecule has 4 rings (SSSR count). The van der Waals surface area contributed by atoms with Gasteiger partial charge in [-0.25, -0.2) is 9.67 Å². The van der Waals surface area contributed by atoms with E-state index in [2.05, 4.69) is 22.2 Å². The van der Waals surface area contributed by atoms with Gasteiger partial charge in [0, 0.05) is 12.2 Å². The molecule has 8 nitrogen and oxygen atoms in total. The lowest BCUT2D eigenvalue weighted by atomic mass is 10.1. The fourth-order valence-corrected chi connectivity index (χ4v) is 3.72. The molecule has 0 N–H and O–H groups in total. The van der Waals surface area contributed by atoms with Gasteiger partial charge in [-0.3, -0.25) is 14.2 Å². The van der Waals surface area contributed by atoms with Crippen molar-refractivity contribution in [3.05, 3.63) is 82.5 Å². The van der Waals surface area contributed by atoms with Crippen molar-refractivity contribution in [1.82, 2.24) is 19.3 Å². The number of rotatable bonds is 6. The van der Waals surface area contributed by atoms with E-state index in [9.17, 15) is 9.59 Å². The summed E-state index contributed by atoms with van der Waals surface area (Å²) >= 11 is 0. The Bertz CT molecular complexity index is 1360. The minimum Gasteiger partial charge on any atom is -0.310 e. The van der Waals surface area contributed by atoms with Crippen molar-refractivity contribution >= 4 is 22.6 Å². The van der Waals surface area contributed by atoms with Gasteiger partial charge in [-0.2, -0.15) is 10.4 Å². The SMILES string of the molecule is Cc1cc(C)cc(-n2ncc3c(=O)n(CC(=O)N(CCC#N)c4ccccc4)cnc32)c1. The first kappa shape index (κ1) is 21.0. The van der Waals surface area contributed by atoms with Crippen molar-refractivity contribution in [2.75, 3.05) is 11.4 Å². The molecule has 0 radical (unpaired) electrons. The summed E-state index contributed by atoms with van der Waals surface area (Å²) < 4.78 is 2.91. The summed E-state index contributed by atoms with van der Waals surface area (Å²) in [7, 11) is 0. The Hall–Kier alpha value is -4.25. The quantitative estimate of drug-likeness (QED) is 0.472. The maximum absolute atomic E-state index is 13.1. The number of aryl methyl sites for hydroxylation is 2. The molecule has 32 heavy (non-hydrogen) atoms. The van der Waals surface area contributed by atoms with Crippen LogP contribution in [0.15, 0.2) is 65.8 Å². The molecule has 0 saturated heterocycles. The normalized spacial score (nSPS) is 10.8. The van der Waals surface area contributed by atoms with Gasteiger partial charge < -0.3 is 4.90 Å². The number of nitriles is 1. The maximum atomic E-state index is 13.1. The smallest absolute Gasteiger partial charge is 0.264 e. The van der Waals surface area contributed by atoms with Crippen LogP contribution in [0.3, 0.4) is 0 Å². The Morgan fingerprint density at radius 2 is 1.84 bits per heavy atom. The highest BCUT2D eigenvalue weighted by Crippen LogP contribution is 2.18. The number of hydrogen-bond donors (Lipinski definition) is 0. The summed E-state index contributed by atoms with van der Waals surface area (Å²) in [6.07, 6.45) is 3.04. The van der Waals surface area contributed by atoms with E-state index in [-0.39, 0.29) is 31.0 Å². The van der Waals surface area contributed by atoms with Gasteiger partial charge in [0.15, 0.2) is 5.65 Å². The summed E-state index contributed by atoms with van der Waals surface area (Å²) in [5, 5.41) is 13.7. The molecule has 0 bridgehead atoms. The number of amides is 1. The third-order valence-electron chi connectivity index (χ3n) is 5.13. The van der Waals surface area contributed by atoms with Gasteiger partial charge in [0.1, 0.15) is 18.3 Å². The summed E-state index contributed by atoms with van der Waals surface area (Å²) in [5.41, 5.74) is 3.77. The predicted octanol–water partition coefficient (Wildman–Crippen LogP) is 3.15. The van der Waals surface area contributed by atoms with Gasteiger partial charge in [-0.1, -0.05) is 24.3 Å². The van der Waals surface area contributed by atoms with Crippen molar-refractivity contribution in [3.8, 4) is 11.8 Å². The van der Waals surface area contributed by atoms with Crippen molar-refractivity contribution in [2.45, 2.75) is 26.8 Å². The minimum atomic E-state index is -0.340. The van der Waals surface area contributed by atoms with Crippen molar-refractivity contribution in [1.29, 1.82) is 5.26 Å². The monoisotopic (exact) mass is 426 g/mol. The van der Waals surface area contributed by atoms with Gasteiger partial charge in [0.2, 0.25) is 5.91 Å². The van der Waals surface area contributed by atoms with Crippen LogP contribution in [0.2, 0.25) is 0 Å². The highest BCUT2D eigenvalue weighted by molar-refractivity contribution is 5.93. The molecule has 0 unspecified atom stereocenters. The number of hydrogen-bond acceptors (Lipinski definition) is 5. The van der Waals surface area contributed by atoms with Crippen molar-refractivity contribution in [2.24, 2.45) is 0 Å². The Morgan fingerprint density at radius 3 is 2.53 bits per heavy atom. The number of benzene rings is 2. The zero-order chi connectivity index (χ0) is 22.7. The third kappa shape index (κ3) is 4.14. The third-order valence-corrected chi connectivity index (χ3v) is 5.13. The molecule has 2 heterocycles. The van der Waals surface area contributed by atoms with Crippen LogP contribution >= 0.6 is 0 Å². The van der Waals surface area contributed by atoms with Crippen LogP contribution in [-0.4, -0.2) is 31.8 Å². The van der Waals surface area contributed by atoms with Gasteiger partial charge in [0.05, 0.1) is 24.4 Å². The van der Waals surface area contributed by atoms with Crippen LogP contribution in [-0.2, 0) is 11.3 Å². The maximum Gasteiger partial charge on any atom is 0.264 e. The highest BCUT2D eigenvalue weighted by atomic mass is 16.2. The van der Waals surface area contributed by atoms with Crippen LogP contribution in [0.4, 0.5) is 5.69 Å². The lowest BCUT2D eigenvalue weighted by Gasteiger charge is -2.22. The van der Waals surface area contributed by atoms with E-state index < -0.39 is 0 Å². The summed E-state index contributed by atoms with van der Waals surface area (Å²) in [4.78, 5) is 32.0. The second-order valence-corrected chi connectivity index (χ2v) is 7.61. The summed E-state index contributed by atoms with van der Waals surface area (Å²) in [5.74, 6) is -0.295. The van der Waals surface area contributed by atoms with Crippen LogP contribution < -0.4 is 10.5 Å². The largest absolute Gasteiger partial charge is 0.310 e. The molecular weight excluding hydrogens is 404 g/mol. The number of aromatic nitrogens is 4. The van der Waals surface area contributed by atoms with E-state index in [0.717, 1.165) is 16.8 Å². The Morgan fingerprint density at radius 1 is 1.12 bits per heavy atom. The fraction of sp³-hybridized carbons (Fsp3) is 0.208. The molecule has 160 valence electrons. The molecule has 2 aromatic carbocycles. The zero-order valence-electron chi connectivity index (χ0n) is 17.9. The van der Waals surface area contributed by atoms with Crippen molar-refractivity contribution < 1.29 is 4.79 Å². The second-order valence-electron chi connectivity index (χ2n) is 7.61. The van der Waals surface area contributed by atoms with Gasteiger partial charge in [-0.15, -0.1) is 0 Å². The first-order valence-electron chi connectivity index (χ1n) is 10.2. The number of carbonyl (C=O) groups is 1. The number of fused-ring (bicyclic) bond motifs is 1. The molecule has 4 aromatic rings. The molecule has 0 spiro atoms. The molecule has 0 aliphatic carbocycles. The molecule has 0 saturated carbocycles. The van der Waals surface area contributed by atoms with E-state index in [4.69, 9.17) is 5.26 Å². The van der Waals surface area contributed by atoms with E-state index in [1.165, 1.54) is 22.0 Å². The molecule has 1 amide bonds. The lowest BCUT2D eigenvalue weighted by molar-refractivity contribution is -0.119. The van der Waals surface area contributed by atoms with Crippen LogP contribution in [0.1, 0.15) is 17.5 Å². The lowest BCUT2D eigenvalue weighted by Crippen LogP contribution is -2.37. The number of anilines is 1. The standard InChI is InChI=1S/C24H22N6O2/c1-17-11-18(2)13-20(12-17)30-23-21(14-27-30)24(32)28(16-26-23)15-22(31)29(10-6-9-25)19-7-4-3-5-8-19/h3-5,7-8,11-14,16H,6,10,15H2,1-2H3. The Balaban J connectivity index is 1.67. The highest BCUT2D eigenvalue weighted by Gasteiger charge is 2.18. The van der Waals surface area contributed by atoms with Gasteiger partial charge in [-0.05, 0) is 49.2 Å². The van der Waals surface area contributed by atoms with Crippen LogP contribution in [0.5, 0.6) is 0 Å². The first-order chi connectivity index (χ1) is 15.5. The number of para-hydroxylation sites is 1. The molecule has 0 fully saturated rings. The van der Waals surface area contributed by atoms with E-state index >= 15 is 0 Å². The predicted molar refractivity (Wildman–Crippen MR) is 122 cm³/mol. The molecule has 0 aliphatic heterocycles. The molecule has 2 aromatic heterocycles. The average Bonchev–Trinajstić information content (AvgIpc) is 3.21. The Kier molecular flexibility index (Phi) is 5.81. The van der Waals surface area contributed by atoms with E-state index in [1.807, 2.05) is 44.2 Å². The summed E-state index contributed by atoms with van der Waals surface area (Å²) in [6.45, 7) is 4.06. The average molecular weight is 426 g/mol. The van der Waals surface area contributed by atoms with Crippen molar-refractivity contribution in [3.63, 3.8) is 0 Å². The summed E-state index contributed by atoms with van der Waals surface area (Å²) in [6, 6.07) is 17.2. The minimum absolute atomic E-state index is 0.184. The van der Waals surface area contributed by atoms with E-state index in [0.29, 0.717) is 16.7 Å². The Labute approximate surface area is 185 Å². The fourth-order valence-electron chi connectivity index (χ4n) is 3.72. The molecule has 0 atom stereocenters. The molecular formula is C24H22N6O2.